The standard InChI is InChI=1S/C13H11NO2/c1-16-13-11(9-15)7-8-14-12(13)10-5-3-2-4-6-10/h2-9H,1H3. The number of benzene rings is 1. The quantitative estimate of drug-likeness (QED) is 0.735. The molecule has 1 heterocycles. The highest BCUT2D eigenvalue weighted by Crippen LogP contribution is 2.29. The number of carbonyl (C=O) groups is 1. The molecule has 80 valence electrons. The number of nitrogens with zero attached hydrogens (tertiary/aromatic N) is 1. The summed E-state index contributed by atoms with van der Waals surface area (Å²) in [4.78, 5) is 15.1. The van der Waals surface area contributed by atoms with Gasteiger partial charge < -0.3 is 4.74 Å². The summed E-state index contributed by atoms with van der Waals surface area (Å²) >= 11 is 0. The molecule has 1 aromatic heterocycles. The molecule has 0 atom stereocenters. The summed E-state index contributed by atoms with van der Waals surface area (Å²) in [6.45, 7) is 0. The number of hydrogen-bond donors (Lipinski definition) is 0. The van der Waals surface area contributed by atoms with E-state index in [1.54, 1.807) is 12.3 Å². The Kier molecular flexibility index (Phi) is 2.96. The van der Waals surface area contributed by atoms with Gasteiger partial charge in [0.2, 0.25) is 0 Å². The van der Waals surface area contributed by atoms with Gasteiger partial charge in [-0.15, -0.1) is 0 Å². The van der Waals surface area contributed by atoms with Gasteiger partial charge in [0.1, 0.15) is 5.69 Å². The predicted molar refractivity (Wildman–Crippen MR) is 61.6 cm³/mol. The SMILES string of the molecule is COc1c(C=O)ccnc1-c1ccccc1. The molecule has 3 nitrogen and oxygen atoms in total. The van der Waals surface area contributed by atoms with E-state index in [2.05, 4.69) is 4.98 Å². The number of carbonyl (C=O) groups excluding carboxylic acids is 1. The maximum atomic E-state index is 10.9. The lowest BCUT2D eigenvalue weighted by atomic mass is 10.1. The second kappa shape index (κ2) is 4.57. The zero-order valence-electron chi connectivity index (χ0n) is 8.88. The van der Waals surface area contributed by atoms with Crippen molar-refractivity contribution in [3.8, 4) is 17.0 Å². The lowest BCUT2D eigenvalue weighted by Gasteiger charge is -2.09. The molecule has 2 aromatic rings. The topological polar surface area (TPSA) is 39.2 Å². The molecule has 0 saturated heterocycles. The summed E-state index contributed by atoms with van der Waals surface area (Å²) in [5.41, 5.74) is 2.13. The van der Waals surface area contributed by atoms with Gasteiger partial charge in [0.25, 0.3) is 0 Å². The van der Waals surface area contributed by atoms with E-state index >= 15 is 0 Å². The van der Waals surface area contributed by atoms with E-state index in [9.17, 15) is 4.79 Å². The van der Waals surface area contributed by atoms with Crippen LogP contribution >= 0.6 is 0 Å². The van der Waals surface area contributed by atoms with E-state index in [0.29, 0.717) is 17.0 Å². The Morgan fingerprint density at radius 2 is 1.94 bits per heavy atom. The molecule has 0 aliphatic rings. The first-order chi connectivity index (χ1) is 7.86. The van der Waals surface area contributed by atoms with Gasteiger partial charge in [0, 0.05) is 11.8 Å². The van der Waals surface area contributed by atoms with Crippen molar-refractivity contribution < 1.29 is 9.53 Å². The summed E-state index contributed by atoms with van der Waals surface area (Å²) < 4.78 is 5.23. The first kappa shape index (κ1) is 10.4. The lowest BCUT2D eigenvalue weighted by Crippen LogP contribution is -1.95. The fraction of sp³-hybridized carbons (Fsp3) is 0.0769. The van der Waals surface area contributed by atoms with Crippen LogP contribution < -0.4 is 4.74 Å². The smallest absolute Gasteiger partial charge is 0.155 e. The Bertz CT molecular complexity index is 495. The summed E-state index contributed by atoms with van der Waals surface area (Å²) in [6.07, 6.45) is 2.38. The number of aromatic nitrogens is 1. The van der Waals surface area contributed by atoms with E-state index in [4.69, 9.17) is 4.74 Å². The van der Waals surface area contributed by atoms with Gasteiger partial charge in [-0.25, -0.2) is 0 Å². The van der Waals surface area contributed by atoms with Crippen LogP contribution in [0, 0.1) is 0 Å². The Hall–Kier alpha value is -2.16. The molecule has 0 radical (unpaired) electrons. The molecule has 0 aliphatic carbocycles. The third-order valence-corrected chi connectivity index (χ3v) is 2.31. The largest absolute Gasteiger partial charge is 0.494 e. The molecule has 0 unspecified atom stereocenters. The Labute approximate surface area is 93.7 Å². The van der Waals surface area contributed by atoms with Crippen molar-refractivity contribution in [1.29, 1.82) is 0 Å². The van der Waals surface area contributed by atoms with E-state index < -0.39 is 0 Å². The van der Waals surface area contributed by atoms with Crippen LogP contribution in [0.3, 0.4) is 0 Å². The number of aldehydes is 1. The average Bonchev–Trinajstić information content (AvgIpc) is 2.38. The van der Waals surface area contributed by atoms with Crippen molar-refractivity contribution in [1.82, 2.24) is 4.98 Å². The second-order valence-corrected chi connectivity index (χ2v) is 3.27. The van der Waals surface area contributed by atoms with Crippen LogP contribution in [0.5, 0.6) is 5.75 Å². The molecule has 0 aliphatic heterocycles. The highest BCUT2D eigenvalue weighted by atomic mass is 16.5. The number of ether oxygens (including phenoxy) is 1. The molecular weight excluding hydrogens is 202 g/mol. The normalized spacial score (nSPS) is 9.81. The van der Waals surface area contributed by atoms with Gasteiger partial charge in [-0.1, -0.05) is 30.3 Å². The monoisotopic (exact) mass is 213 g/mol. The minimum absolute atomic E-state index is 0.511. The van der Waals surface area contributed by atoms with Gasteiger partial charge in [0.05, 0.1) is 12.7 Å². The first-order valence-electron chi connectivity index (χ1n) is 4.90. The van der Waals surface area contributed by atoms with Crippen LogP contribution in [0.25, 0.3) is 11.3 Å². The van der Waals surface area contributed by atoms with Crippen molar-refractivity contribution in [3.05, 3.63) is 48.2 Å². The zero-order chi connectivity index (χ0) is 11.4. The van der Waals surface area contributed by atoms with Crippen molar-refractivity contribution in [2.24, 2.45) is 0 Å². The summed E-state index contributed by atoms with van der Waals surface area (Å²) in [5.74, 6) is 0.517. The van der Waals surface area contributed by atoms with Crippen LogP contribution in [0.4, 0.5) is 0 Å². The third-order valence-electron chi connectivity index (χ3n) is 2.31. The van der Waals surface area contributed by atoms with Crippen molar-refractivity contribution in [3.63, 3.8) is 0 Å². The van der Waals surface area contributed by atoms with Crippen LogP contribution in [-0.2, 0) is 0 Å². The minimum Gasteiger partial charge on any atom is -0.494 e. The van der Waals surface area contributed by atoms with Crippen molar-refractivity contribution >= 4 is 6.29 Å². The molecular formula is C13H11NO2. The van der Waals surface area contributed by atoms with Crippen LogP contribution in [0.15, 0.2) is 42.6 Å². The number of methoxy groups -OCH3 is 1. The highest BCUT2D eigenvalue weighted by molar-refractivity contribution is 5.84. The zero-order valence-corrected chi connectivity index (χ0v) is 8.88. The van der Waals surface area contributed by atoms with Gasteiger partial charge in [-0.3, -0.25) is 9.78 Å². The molecule has 2 rings (SSSR count). The van der Waals surface area contributed by atoms with E-state index in [1.165, 1.54) is 7.11 Å². The molecule has 0 fully saturated rings. The van der Waals surface area contributed by atoms with Crippen LogP contribution in [0.1, 0.15) is 10.4 Å². The van der Waals surface area contributed by atoms with E-state index in [1.807, 2.05) is 30.3 Å². The number of rotatable bonds is 3. The fourth-order valence-electron chi connectivity index (χ4n) is 1.57. The minimum atomic E-state index is 0.511. The summed E-state index contributed by atoms with van der Waals surface area (Å²) in [7, 11) is 1.54. The molecule has 0 amide bonds. The molecule has 3 heteroatoms. The second-order valence-electron chi connectivity index (χ2n) is 3.27. The van der Waals surface area contributed by atoms with Crippen molar-refractivity contribution in [2.75, 3.05) is 7.11 Å². The molecule has 16 heavy (non-hydrogen) atoms. The summed E-state index contributed by atoms with van der Waals surface area (Å²) in [6, 6.07) is 11.3. The average molecular weight is 213 g/mol. The third kappa shape index (κ3) is 1.80. The predicted octanol–water partition coefficient (Wildman–Crippen LogP) is 2.57. The van der Waals surface area contributed by atoms with Gasteiger partial charge in [-0.2, -0.15) is 0 Å². The Balaban J connectivity index is 2.61. The van der Waals surface area contributed by atoms with Gasteiger partial charge in [-0.05, 0) is 6.07 Å². The van der Waals surface area contributed by atoms with Crippen LogP contribution in [-0.4, -0.2) is 18.4 Å². The molecule has 1 aromatic carbocycles. The number of pyridine rings is 1. The maximum Gasteiger partial charge on any atom is 0.155 e. The van der Waals surface area contributed by atoms with Gasteiger partial charge >= 0.3 is 0 Å². The van der Waals surface area contributed by atoms with Gasteiger partial charge in [0.15, 0.2) is 12.0 Å². The highest BCUT2D eigenvalue weighted by Gasteiger charge is 2.10. The van der Waals surface area contributed by atoms with E-state index in [0.717, 1.165) is 11.8 Å². The molecule has 0 N–H and O–H groups in total. The number of hydrogen-bond acceptors (Lipinski definition) is 3. The molecule has 0 saturated carbocycles. The molecule has 0 bridgehead atoms. The Morgan fingerprint density at radius 1 is 1.19 bits per heavy atom. The fourth-order valence-corrected chi connectivity index (χ4v) is 1.57. The lowest BCUT2D eigenvalue weighted by molar-refractivity contribution is 0.112. The summed E-state index contributed by atoms with van der Waals surface area (Å²) in [5, 5.41) is 0. The van der Waals surface area contributed by atoms with Crippen LogP contribution in [0.2, 0.25) is 0 Å². The maximum absolute atomic E-state index is 10.9. The Morgan fingerprint density at radius 3 is 2.56 bits per heavy atom. The van der Waals surface area contributed by atoms with E-state index in [-0.39, 0.29) is 0 Å². The first-order valence-corrected chi connectivity index (χ1v) is 4.90. The van der Waals surface area contributed by atoms with Crippen molar-refractivity contribution in [2.45, 2.75) is 0 Å². The molecule has 0 spiro atoms.